The highest BCUT2D eigenvalue weighted by Gasteiger charge is 2.19. The molecule has 0 unspecified atom stereocenters. The number of nitrogens with two attached hydrogens (primary N) is 1. The number of hydrogen-bond acceptors (Lipinski definition) is 3. The number of nitrogens with one attached hydrogen (secondary N) is 1. The fourth-order valence-corrected chi connectivity index (χ4v) is 1.17. The van der Waals surface area contributed by atoms with E-state index in [1.54, 1.807) is 13.8 Å². The Morgan fingerprint density at radius 2 is 2.00 bits per heavy atom. The summed E-state index contributed by atoms with van der Waals surface area (Å²) in [5.41, 5.74) is 4.29. The lowest BCUT2D eigenvalue weighted by Gasteiger charge is -2.20. The average Bonchev–Trinajstić information content (AvgIpc) is 2.18. The second-order valence-corrected chi connectivity index (χ2v) is 4.44. The Labute approximate surface area is 97.4 Å². The smallest absolute Gasteiger partial charge is 0.338 e. The number of carboxylic acid groups (broad SMARTS) is 1. The molecule has 0 spiro atoms. The zero-order chi connectivity index (χ0) is 13.2. The van der Waals surface area contributed by atoms with Gasteiger partial charge < -0.3 is 16.2 Å². The monoisotopic (exact) mass is 244 g/mol. The first-order chi connectivity index (χ1) is 7.72. The van der Waals surface area contributed by atoms with E-state index in [1.807, 2.05) is 0 Å². The molecule has 1 aromatic carbocycles. The van der Waals surface area contributed by atoms with Gasteiger partial charge in [-0.3, -0.25) is 0 Å². The van der Waals surface area contributed by atoms with Crippen molar-refractivity contribution < 1.29 is 18.7 Å². The van der Waals surface area contributed by atoms with Crippen LogP contribution in [0, 0.1) is 11.6 Å². The van der Waals surface area contributed by atoms with Crippen LogP contribution in [0.15, 0.2) is 12.1 Å². The minimum atomic E-state index is -1.51. The molecule has 0 aliphatic carbocycles. The topological polar surface area (TPSA) is 75.3 Å². The molecule has 0 heterocycles. The molecule has 0 saturated heterocycles. The predicted octanol–water partition coefficient (Wildman–Crippen LogP) is 1.81. The second-order valence-electron chi connectivity index (χ2n) is 4.44. The van der Waals surface area contributed by atoms with E-state index in [2.05, 4.69) is 5.32 Å². The zero-order valence-electron chi connectivity index (χ0n) is 9.55. The molecule has 1 rings (SSSR count). The van der Waals surface area contributed by atoms with Crippen molar-refractivity contribution in [2.45, 2.75) is 19.4 Å². The van der Waals surface area contributed by atoms with Crippen LogP contribution in [0.3, 0.4) is 0 Å². The molecule has 4 nitrogen and oxygen atoms in total. The van der Waals surface area contributed by atoms with Crippen LogP contribution in [-0.2, 0) is 0 Å². The quantitative estimate of drug-likeness (QED) is 0.755. The van der Waals surface area contributed by atoms with Gasteiger partial charge in [-0.1, -0.05) is 0 Å². The van der Waals surface area contributed by atoms with Crippen LogP contribution in [0.25, 0.3) is 0 Å². The van der Waals surface area contributed by atoms with Crippen molar-refractivity contribution in [1.82, 2.24) is 0 Å². The number of anilines is 1. The van der Waals surface area contributed by atoms with Gasteiger partial charge in [-0.05, 0) is 26.0 Å². The Balaban J connectivity index is 2.97. The fourth-order valence-electron chi connectivity index (χ4n) is 1.17. The van der Waals surface area contributed by atoms with Gasteiger partial charge in [0.1, 0.15) is 0 Å². The molecule has 0 fully saturated rings. The zero-order valence-corrected chi connectivity index (χ0v) is 9.55. The molecule has 0 radical (unpaired) electrons. The van der Waals surface area contributed by atoms with Crippen molar-refractivity contribution in [2.75, 3.05) is 11.9 Å². The lowest BCUT2D eigenvalue weighted by atomic mass is 10.1. The van der Waals surface area contributed by atoms with Crippen LogP contribution in [0.5, 0.6) is 0 Å². The normalized spacial score (nSPS) is 11.4. The standard InChI is InChI=1S/C11H14F2N2O2/c1-11(2,14)5-15-7-4-3-6(10(16)17)8(12)9(7)13/h3-4,15H,5,14H2,1-2H3,(H,16,17). The van der Waals surface area contributed by atoms with Gasteiger partial charge in [-0.2, -0.15) is 0 Å². The predicted molar refractivity (Wildman–Crippen MR) is 60.1 cm³/mol. The lowest BCUT2D eigenvalue weighted by Crippen LogP contribution is -2.39. The van der Waals surface area contributed by atoms with E-state index >= 15 is 0 Å². The molecule has 0 saturated carbocycles. The van der Waals surface area contributed by atoms with Gasteiger partial charge in [0.15, 0.2) is 11.6 Å². The van der Waals surface area contributed by atoms with E-state index in [0.717, 1.165) is 6.07 Å². The van der Waals surface area contributed by atoms with Crippen molar-refractivity contribution in [1.29, 1.82) is 0 Å². The van der Waals surface area contributed by atoms with Crippen LogP contribution in [0.1, 0.15) is 24.2 Å². The van der Waals surface area contributed by atoms with Crippen LogP contribution in [-0.4, -0.2) is 23.2 Å². The minimum Gasteiger partial charge on any atom is -0.478 e. The molecule has 0 aromatic heterocycles. The van der Waals surface area contributed by atoms with Crippen molar-refractivity contribution in [2.24, 2.45) is 5.73 Å². The summed E-state index contributed by atoms with van der Waals surface area (Å²) in [6, 6.07) is 2.18. The largest absolute Gasteiger partial charge is 0.478 e. The van der Waals surface area contributed by atoms with Gasteiger partial charge in [0.25, 0.3) is 0 Å². The average molecular weight is 244 g/mol. The highest BCUT2D eigenvalue weighted by Crippen LogP contribution is 2.21. The molecule has 0 aliphatic heterocycles. The van der Waals surface area contributed by atoms with Crippen molar-refractivity contribution in [3.05, 3.63) is 29.3 Å². The third-order valence-corrected chi connectivity index (χ3v) is 2.05. The maximum Gasteiger partial charge on any atom is 0.338 e. The van der Waals surface area contributed by atoms with Crippen LogP contribution >= 0.6 is 0 Å². The van der Waals surface area contributed by atoms with Crippen molar-refractivity contribution in [3.8, 4) is 0 Å². The Morgan fingerprint density at radius 1 is 1.41 bits per heavy atom. The Bertz CT molecular complexity index is 442. The third-order valence-electron chi connectivity index (χ3n) is 2.05. The Kier molecular flexibility index (Phi) is 3.67. The number of rotatable bonds is 4. The Hall–Kier alpha value is -1.69. The second kappa shape index (κ2) is 4.67. The SMILES string of the molecule is CC(C)(N)CNc1ccc(C(=O)O)c(F)c1F. The van der Waals surface area contributed by atoms with E-state index in [1.165, 1.54) is 6.07 Å². The van der Waals surface area contributed by atoms with Crippen molar-refractivity contribution in [3.63, 3.8) is 0 Å². The minimum absolute atomic E-state index is 0.106. The molecule has 4 N–H and O–H groups in total. The molecule has 0 atom stereocenters. The molecule has 1 aromatic rings. The number of benzene rings is 1. The van der Waals surface area contributed by atoms with E-state index in [4.69, 9.17) is 10.8 Å². The molecule has 0 amide bonds. The number of carbonyl (C=O) groups is 1. The number of halogens is 2. The molecular weight excluding hydrogens is 230 g/mol. The summed E-state index contributed by atoms with van der Waals surface area (Å²) in [6.45, 7) is 3.68. The molecule has 94 valence electrons. The van der Waals surface area contributed by atoms with Gasteiger partial charge >= 0.3 is 5.97 Å². The van der Waals surface area contributed by atoms with Crippen LogP contribution in [0.2, 0.25) is 0 Å². The maximum absolute atomic E-state index is 13.5. The van der Waals surface area contributed by atoms with E-state index in [0.29, 0.717) is 0 Å². The summed E-state index contributed by atoms with van der Waals surface area (Å²) in [6.07, 6.45) is 0. The van der Waals surface area contributed by atoms with Gasteiger partial charge in [-0.25, -0.2) is 13.6 Å². The van der Waals surface area contributed by atoms with E-state index in [-0.39, 0.29) is 12.2 Å². The third kappa shape index (κ3) is 3.39. The molecular formula is C11H14F2N2O2. The summed E-state index contributed by atoms with van der Waals surface area (Å²) in [5, 5.41) is 11.2. The molecule has 0 bridgehead atoms. The van der Waals surface area contributed by atoms with E-state index < -0.39 is 28.7 Å². The molecule has 17 heavy (non-hydrogen) atoms. The van der Waals surface area contributed by atoms with Crippen LogP contribution < -0.4 is 11.1 Å². The first-order valence-corrected chi connectivity index (χ1v) is 4.96. The molecule has 0 aliphatic rings. The lowest BCUT2D eigenvalue weighted by molar-refractivity contribution is 0.0690. The van der Waals surface area contributed by atoms with Gasteiger partial charge in [-0.15, -0.1) is 0 Å². The first kappa shape index (κ1) is 13.4. The Morgan fingerprint density at radius 3 is 2.47 bits per heavy atom. The summed E-state index contributed by atoms with van der Waals surface area (Å²) >= 11 is 0. The van der Waals surface area contributed by atoms with Gasteiger partial charge in [0.05, 0.1) is 11.3 Å². The highest BCUT2D eigenvalue weighted by molar-refractivity contribution is 5.88. The van der Waals surface area contributed by atoms with Crippen molar-refractivity contribution >= 4 is 11.7 Å². The van der Waals surface area contributed by atoms with Gasteiger partial charge in [0.2, 0.25) is 0 Å². The summed E-state index contributed by atoms with van der Waals surface area (Å²) < 4.78 is 26.8. The van der Waals surface area contributed by atoms with E-state index in [9.17, 15) is 13.6 Å². The maximum atomic E-state index is 13.5. The molecule has 6 heteroatoms. The fraction of sp³-hybridized carbons (Fsp3) is 0.364. The number of hydrogen-bond donors (Lipinski definition) is 3. The summed E-state index contributed by atoms with van der Waals surface area (Å²) in [5.74, 6) is -4.10. The first-order valence-electron chi connectivity index (χ1n) is 4.96. The summed E-state index contributed by atoms with van der Waals surface area (Å²) in [7, 11) is 0. The summed E-state index contributed by atoms with van der Waals surface area (Å²) in [4.78, 5) is 10.6. The highest BCUT2D eigenvalue weighted by atomic mass is 19.2. The van der Waals surface area contributed by atoms with Crippen LogP contribution in [0.4, 0.5) is 14.5 Å². The van der Waals surface area contributed by atoms with Gasteiger partial charge in [0, 0.05) is 12.1 Å². The number of carboxylic acids is 1. The number of aromatic carboxylic acids is 1.